The molecule has 4 nitrogen and oxygen atoms in total. The van der Waals surface area contributed by atoms with Crippen LogP contribution in [0, 0.1) is 5.41 Å². The van der Waals surface area contributed by atoms with Crippen molar-refractivity contribution in [2.24, 2.45) is 5.41 Å². The summed E-state index contributed by atoms with van der Waals surface area (Å²) in [5, 5.41) is 37.3. The lowest BCUT2D eigenvalue weighted by molar-refractivity contribution is -0.107. The Morgan fingerprint density at radius 2 is 1.36 bits per heavy atom. The molecular formula is C10H22O4. The van der Waals surface area contributed by atoms with E-state index in [4.69, 9.17) is 5.11 Å². The van der Waals surface area contributed by atoms with Crippen LogP contribution in [0.5, 0.6) is 0 Å². The lowest BCUT2D eigenvalue weighted by Gasteiger charge is -2.29. The van der Waals surface area contributed by atoms with E-state index in [-0.39, 0.29) is 5.41 Å². The minimum Gasteiger partial charge on any atom is -0.391 e. The first-order chi connectivity index (χ1) is 6.15. The molecule has 4 heteroatoms. The molecule has 0 heterocycles. The van der Waals surface area contributed by atoms with Crippen molar-refractivity contribution < 1.29 is 20.4 Å². The maximum atomic E-state index is 9.55. The van der Waals surface area contributed by atoms with Gasteiger partial charge in [-0.25, -0.2) is 0 Å². The Hall–Kier alpha value is -0.160. The van der Waals surface area contributed by atoms with Crippen molar-refractivity contribution in [3.05, 3.63) is 0 Å². The van der Waals surface area contributed by atoms with E-state index < -0.39 is 24.4 Å². The summed E-state index contributed by atoms with van der Waals surface area (Å²) in [7, 11) is 0. The number of rotatable bonds is 4. The SMILES string of the molecule is C[C@@H](O)[C@@H](O)[C@H](O)[C@@H](O)CC(C)(C)C. The maximum absolute atomic E-state index is 9.55. The van der Waals surface area contributed by atoms with Gasteiger partial charge in [-0.15, -0.1) is 0 Å². The Morgan fingerprint density at radius 1 is 0.929 bits per heavy atom. The normalized spacial score (nSPS) is 21.4. The van der Waals surface area contributed by atoms with Gasteiger partial charge >= 0.3 is 0 Å². The molecule has 0 rings (SSSR count). The van der Waals surface area contributed by atoms with Crippen LogP contribution in [0.15, 0.2) is 0 Å². The summed E-state index contributed by atoms with van der Waals surface area (Å²) < 4.78 is 0. The highest BCUT2D eigenvalue weighted by atomic mass is 16.4. The van der Waals surface area contributed by atoms with Gasteiger partial charge in [-0.3, -0.25) is 0 Å². The molecule has 14 heavy (non-hydrogen) atoms. The van der Waals surface area contributed by atoms with Crippen LogP contribution < -0.4 is 0 Å². The monoisotopic (exact) mass is 206 g/mol. The molecule has 0 aromatic heterocycles. The van der Waals surface area contributed by atoms with Crippen LogP contribution in [-0.4, -0.2) is 44.8 Å². The van der Waals surface area contributed by atoms with Gasteiger partial charge in [0.2, 0.25) is 0 Å². The largest absolute Gasteiger partial charge is 0.391 e. The molecule has 0 amide bonds. The molecule has 0 fully saturated rings. The molecule has 0 aromatic carbocycles. The van der Waals surface area contributed by atoms with Crippen LogP contribution >= 0.6 is 0 Å². The molecule has 0 aliphatic rings. The highest BCUT2D eigenvalue weighted by Crippen LogP contribution is 2.23. The zero-order valence-electron chi connectivity index (χ0n) is 9.31. The van der Waals surface area contributed by atoms with E-state index >= 15 is 0 Å². The summed E-state index contributed by atoms with van der Waals surface area (Å²) in [5.74, 6) is 0. The van der Waals surface area contributed by atoms with Crippen LogP contribution in [0.25, 0.3) is 0 Å². The maximum Gasteiger partial charge on any atom is 0.108 e. The number of aliphatic hydroxyl groups excluding tert-OH is 4. The lowest BCUT2D eigenvalue weighted by atomic mass is 9.86. The molecule has 0 aliphatic carbocycles. The highest BCUT2D eigenvalue weighted by molar-refractivity contribution is 4.81. The minimum absolute atomic E-state index is 0.126. The van der Waals surface area contributed by atoms with Crippen molar-refractivity contribution in [3.8, 4) is 0 Å². The van der Waals surface area contributed by atoms with Gasteiger partial charge in [-0.1, -0.05) is 20.8 Å². The van der Waals surface area contributed by atoms with Gasteiger partial charge in [0, 0.05) is 0 Å². The molecule has 0 unspecified atom stereocenters. The Kier molecular flexibility index (Phi) is 5.01. The van der Waals surface area contributed by atoms with Crippen LogP contribution in [0.4, 0.5) is 0 Å². The summed E-state index contributed by atoms with van der Waals surface area (Å²) in [4.78, 5) is 0. The second-order valence-corrected chi connectivity index (χ2v) is 5.05. The lowest BCUT2D eigenvalue weighted by Crippen LogP contribution is -2.44. The predicted octanol–water partition coefficient (Wildman–Crippen LogP) is -0.114. The Balaban J connectivity index is 4.18. The summed E-state index contributed by atoms with van der Waals surface area (Å²) in [5.41, 5.74) is -0.126. The number of hydrogen-bond donors (Lipinski definition) is 4. The smallest absolute Gasteiger partial charge is 0.108 e. The summed E-state index contributed by atoms with van der Waals surface area (Å²) in [6.07, 6.45) is -4.28. The average Bonchev–Trinajstić information content (AvgIpc) is 1.98. The van der Waals surface area contributed by atoms with E-state index in [0.717, 1.165) is 0 Å². The topological polar surface area (TPSA) is 80.9 Å². The van der Waals surface area contributed by atoms with E-state index in [2.05, 4.69) is 0 Å². The number of aliphatic hydroxyl groups is 4. The molecule has 0 bridgehead atoms. The van der Waals surface area contributed by atoms with E-state index in [1.165, 1.54) is 6.92 Å². The third-order valence-corrected chi connectivity index (χ3v) is 2.06. The quantitative estimate of drug-likeness (QED) is 0.517. The van der Waals surface area contributed by atoms with Gasteiger partial charge in [0.1, 0.15) is 12.2 Å². The van der Waals surface area contributed by atoms with E-state index in [0.29, 0.717) is 6.42 Å². The van der Waals surface area contributed by atoms with Gasteiger partial charge in [-0.2, -0.15) is 0 Å². The van der Waals surface area contributed by atoms with Crippen LogP contribution in [0.3, 0.4) is 0 Å². The van der Waals surface area contributed by atoms with Crippen molar-refractivity contribution in [1.82, 2.24) is 0 Å². The summed E-state index contributed by atoms with van der Waals surface area (Å²) in [6.45, 7) is 7.16. The first kappa shape index (κ1) is 13.8. The minimum atomic E-state index is -1.30. The third kappa shape index (κ3) is 4.91. The standard InChI is InChI=1S/C10H22O4/c1-6(11)8(13)9(14)7(12)5-10(2,3)4/h6-9,11-14H,5H2,1-4H3/t6-,7+,8-,9-/m1/s1. The fraction of sp³-hybridized carbons (Fsp3) is 1.00. The highest BCUT2D eigenvalue weighted by Gasteiger charge is 2.30. The zero-order chi connectivity index (χ0) is 11.5. The zero-order valence-corrected chi connectivity index (χ0v) is 9.31. The molecule has 4 atom stereocenters. The summed E-state index contributed by atoms with van der Waals surface area (Å²) in [6, 6.07) is 0. The second kappa shape index (κ2) is 5.07. The second-order valence-electron chi connectivity index (χ2n) is 5.05. The summed E-state index contributed by atoms with van der Waals surface area (Å²) >= 11 is 0. The van der Waals surface area contributed by atoms with Gasteiger partial charge in [0.25, 0.3) is 0 Å². The predicted molar refractivity (Wildman–Crippen MR) is 53.8 cm³/mol. The molecule has 0 saturated carbocycles. The van der Waals surface area contributed by atoms with E-state index in [1.54, 1.807) is 0 Å². The fourth-order valence-electron chi connectivity index (χ4n) is 1.26. The average molecular weight is 206 g/mol. The first-order valence-electron chi connectivity index (χ1n) is 4.87. The molecule has 0 radical (unpaired) electrons. The van der Waals surface area contributed by atoms with Crippen molar-refractivity contribution in [2.45, 2.75) is 58.5 Å². The van der Waals surface area contributed by atoms with E-state index in [1.807, 2.05) is 20.8 Å². The van der Waals surface area contributed by atoms with Gasteiger partial charge in [0.15, 0.2) is 0 Å². The van der Waals surface area contributed by atoms with Crippen molar-refractivity contribution in [1.29, 1.82) is 0 Å². The molecular weight excluding hydrogens is 184 g/mol. The van der Waals surface area contributed by atoms with Crippen molar-refractivity contribution in [3.63, 3.8) is 0 Å². The number of hydrogen-bond acceptors (Lipinski definition) is 4. The van der Waals surface area contributed by atoms with Gasteiger partial charge < -0.3 is 20.4 Å². The van der Waals surface area contributed by atoms with Crippen LogP contribution in [-0.2, 0) is 0 Å². The van der Waals surface area contributed by atoms with Crippen LogP contribution in [0.2, 0.25) is 0 Å². The molecule has 0 aliphatic heterocycles. The Bertz CT molecular complexity index is 162. The van der Waals surface area contributed by atoms with Gasteiger partial charge in [-0.05, 0) is 18.8 Å². The first-order valence-corrected chi connectivity index (χ1v) is 4.87. The molecule has 4 N–H and O–H groups in total. The Morgan fingerprint density at radius 3 is 1.64 bits per heavy atom. The van der Waals surface area contributed by atoms with Crippen LogP contribution in [0.1, 0.15) is 34.1 Å². The molecule has 0 aromatic rings. The third-order valence-electron chi connectivity index (χ3n) is 2.06. The fourth-order valence-corrected chi connectivity index (χ4v) is 1.26. The van der Waals surface area contributed by atoms with Crippen molar-refractivity contribution in [2.75, 3.05) is 0 Å². The molecule has 0 saturated heterocycles. The molecule has 86 valence electrons. The molecule has 0 spiro atoms. The van der Waals surface area contributed by atoms with E-state index in [9.17, 15) is 15.3 Å². The Labute approximate surface area is 85.2 Å². The van der Waals surface area contributed by atoms with Crippen molar-refractivity contribution >= 4 is 0 Å². The van der Waals surface area contributed by atoms with Gasteiger partial charge in [0.05, 0.1) is 12.2 Å².